The quantitative estimate of drug-likeness (QED) is 0.873. The highest BCUT2D eigenvalue weighted by molar-refractivity contribution is 5.78. The van der Waals surface area contributed by atoms with Crippen molar-refractivity contribution in [3.05, 3.63) is 53.9 Å². The van der Waals surface area contributed by atoms with Crippen LogP contribution < -0.4 is 0 Å². The lowest BCUT2D eigenvalue weighted by Crippen LogP contribution is -2.31. The van der Waals surface area contributed by atoms with Gasteiger partial charge >= 0.3 is 0 Å². The monoisotopic (exact) mass is 243 g/mol. The van der Waals surface area contributed by atoms with Crippen LogP contribution in [0.5, 0.6) is 0 Å². The summed E-state index contributed by atoms with van der Waals surface area (Å²) in [4.78, 5) is 14.0. The van der Waals surface area contributed by atoms with Crippen molar-refractivity contribution in [2.45, 2.75) is 19.9 Å². The lowest BCUT2D eigenvalue weighted by Gasteiger charge is -2.20. The van der Waals surface area contributed by atoms with Crippen LogP contribution in [0.15, 0.2) is 42.6 Å². The first kappa shape index (κ1) is 12.4. The van der Waals surface area contributed by atoms with E-state index in [4.69, 9.17) is 0 Å². The summed E-state index contributed by atoms with van der Waals surface area (Å²) in [5, 5.41) is 6.66. The Morgan fingerprint density at radius 2 is 2.06 bits per heavy atom. The Balaban J connectivity index is 1.98. The minimum absolute atomic E-state index is 0.116. The number of aromatic nitrogens is 2. The second-order valence-electron chi connectivity index (χ2n) is 4.15. The van der Waals surface area contributed by atoms with Crippen LogP contribution in [0.1, 0.15) is 18.2 Å². The first-order valence-corrected chi connectivity index (χ1v) is 6.09. The maximum atomic E-state index is 12.1. The molecule has 1 heterocycles. The van der Waals surface area contributed by atoms with Crippen molar-refractivity contribution in [2.75, 3.05) is 6.54 Å². The maximum Gasteiger partial charge on any atom is 0.228 e. The second kappa shape index (κ2) is 6.00. The number of aromatic amines is 1. The summed E-state index contributed by atoms with van der Waals surface area (Å²) in [6.07, 6.45) is 2.04. The summed E-state index contributed by atoms with van der Waals surface area (Å²) >= 11 is 0. The van der Waals surface area contributed by atoms with Gasteiger partial charge in [0.05, 0.1) is 6.42 Å². The Kier molecular flexibility index (Phi) is 4.12. The summed E-state index contributed by atoms with van der Waals surface area (Å²) in [6.45, 7) is 3.36. The van der Waals surface area contributed by atoms with Crippen molar-refractivity contribution in [1.29, 1.82) is 0 Å². The fourth-order valence-electron chi connectivity index (χ4n) is 1.84. The Morgan fingerprint density at radius 1 is 1.28 bits per heavy atom. The third-order valence-electron chi connectivity index (χ3n) is 2.85. The predicted molar refractivity (Wildman–Crippen MR) is 69.8 cm³/mol. The van der Waals surface area contributed by atoms with Gasteiger partial charge in [-0.05, 0) is 18.6 Å². The standard InChI is InChI=1S/C14H17N3O/c1-2-17(11-12-6-4-3-5-7-12)14(18)10-13-8-9-15-16-13/h3-9H,2,10-11H2,1H3,(H,15,16). The van der Waals surface area contributed by atoms with E-state index >= 15 is 0 Å². The first-order valence-electron chi connectivity index (χ1n) is 6.09. The zero-order chi connectivity index (χ0) is 12.8. The molecule has 0 saturated heterocycles. The lowest BCUT2D eigenvalue weighted by molar-refractivity contribution is -0.130. The van der Waals surface area contributed by atoms with Gasteiger partial charge in [-0.2, -0.15) is 5.10 Å². The summed E-state index contributed by atoms with van der Waals surface area (Å²) in [5.41, 5.74) is 2.00. The highest BCUT2D eigenvalue weighted by Gasteiger charge is 2.13. The molecule has 0 aliphatic carbocycles. The van der Waals surface area contributed by atoms with Gasteiger partial charge in [0.2, 0.25) is 5.91 Å². The number of carbonyl (C=O) groups excluding carboxylic acids is 1. The van der Waals surface area contributed by atoms with Crippen molar-refractivity contribution in [1.82, 2.24) is 15.1 Å². The zero-order valence-corrected chi connectivity index (χ0v) is 10.5. The van der Waals surface area contributed by atoms with E-state index in [9.17, 15) is 4.79 Å². The van der Waals surface area contributed by atoms with Crippen LogP contribution in [0.4, 0.5) is 0 Å². The van der Waals surface area contributed by atoms with Crippen LogP contribution in [-0.4, -0.2) is 27.5 Å². The molecule has 2 aromatic rings. The van der Waals surface area contributed by atoms with Crippen molar-refractivity contribution in [3.63, 3.8) is 0 Å². The average Bonchev–Trinajstić information content (AvgIpc) is 2.90. The third-order valence-corrected chi connectivity index (χ3v) is 2.85. The number of H-pyrrole nitrogens is 1. The lowest BCUT2D eigenvalue weighted by atomic mass is 10.2. The Labute approximate surface area is 107 Å². The molecule has 1 amide bonds. The van der Waals surface area contributed by atoms with E-state index in [1.54, 1.807) is 6.20 Å². The van der Waals surface area contributed by atoms with Gasteiger partial charge in [0.25, 0.3) is 0 Å². The van der Waals surface area contributed by atoms with E-state index < -0.39 is 0 Å². The van der Waals surface area contributed by atoms with Gasteiger partial charge < -0.3 is 4.90 Å². The highest BCUT2D eigenvalue weighted by atomic mass is 16.2. The molecule has 0 saturated carbocycles. The highest BCUT2D eigenvalue weighted by Crippen LogP contribution is 2.06. The molecule has 0 aliphatic heterocycles. The fraction of sp³-hybridized carbons (Fsp3) is 0.286. The number of likely N-dealkylation sites (N-methyl/N-ethyl adjacent to an activating group) is 1. The Morgan fingerprint density at radius 3 is 2.67 bits per heavy atom. The SMILES string of the molecule is CCN(Cc1ccccc1)C(=O)Cc1ccn[nH]1. The molecule has 4 nitrogen and oxygen atoms in total. The number of carbonyl (C=O) groups is 1. The predicted octanol–water partition coefficient (Wildman–Crippen LogP) is 2.00. The van der Waals surface area contributed by atoms with Crippen LogP contribution in [0, 0.1) is 0 Å². The van der Waals surface area contributed by atoms with Crippen molar-refractivity contribution in [2.24, 2.45) is 0 Å². The number of hydrogen-bond donors (Lipinski definition) is 1. The number of hydrogen-bond acceptors (Lipinski definition) is 2. The topological polar surface area (TPSA) is 49.0 Å². The Bertz CT molecular complexity index is 479. The van der Waals surface area contributed by atoms with Crippen molar-refractivity contribution < 1.29 is 4.79 Å². The molecule has 1 aromatic heterocycles. The van der Waals surface area contributed by atoms with Crippen LogP contribution in [-0.2, 0) is 17.8 Å². The molecule has 0 fully saturated rings. The molecule has 0 atom stereocenters. The van der Waals surface area contributed by atoms with E-state index in [0.29, 0.717) is 19.5 Å². The van der Waals surface area contributed by atoms with Crippen molar-refractivity contribution in [3.8, 4) is 0 Å². The molecule has 1 N–H and O–H groups in total. The van der Waals surface area contributed by atoms with E-state index in [1.807, 2.05) is 48.2 Å². The number of rotatable bonds is 5. The second-order valence-corrected chi connectivity index (χ2v) is 4.15. The van der Waals surface area contributed by atoms with Gasteiger partial charge in [-0.1, -0.05) is 30.3 Å². The molecule has 0 spiro atoms. The molecular weight excluding hydrogens is 226 g/mol. The smallest absolute Gasteiger partial charge is 0.228 e. The Hall–Kier alpha value is -2.10. The van der Waals surface area contributed by atoms with Gasteiger partial charge in [-0.3, -0.25) is 9.89 Å². The summed E-state index contributed by atoms with van der Waals surface area (Å²) in [6, 6.07) is 11.9. The van der Waals surface area contributed by atoms with Gasteiger partial charge in [0.1, 0.15) is 0 Å². The number of nitrogens with one attached hydrogen (secondary N) is 1. The largest absolute Gasteiger partial charge is 0.338 e. The molecule has 0 radical (unpaired) electrons. The molecule has 1 aromatic carbocycles. The van der Waals surface area contributed by atoms with Gasteiger partial charge in [0, 0.05) is 25.0 Å². The molecule has 2 rings (SSSR count). The fourth-order valence-corrected chi connectivity index (χ4v) is 1.84. The zero-order valence-electron chi connectivity index (χ0n) is 10.5. The van der Waals surface area contributed by atoms with E-state index in [1.165, 1.54) is 0 Å². The van der Waals surface area contributed by atoms with Gasteiger partial charge in [-0.15, -0.1) is 0 Å². The van der Waals surface area contributed by atoms with Gasteiger partial charge in [0.15, 0.2) is 0 Å². The van der Waals surface area contributed by atoms with Gasteiger partial charge in [-0.25, -0.2) is 0 Å². The normalized spacial score (nSPS) is 10.3. The molecule has 4 heteroatoms. The molecule has 0 aliphatic rings. The number of benzene rings is 1. The van der Waals surface area contributed by atoms with Crippen LogP contribution in [0.2, 0.25) is 0 Å². The van der Waals surface area contributed by atoms with E-state index in [2.05, 4.69) is 10.2 Å². The summed E-state index contributed by atoms with van der Waals surface area (Å²) < 4.78 is 0. The number of nitrogens with zero attached hydrogens (tertiary/aromatic N) is 2. The molecule has 18 heavy (non-hydrogen) atoms. The molecule has 94 valence electrons. The molecule has 0 unspecified atom stereocenters. The maximum absolute atomic E-state index is 12.1. The number of amides is 1. The summed E-state index contributed by atoms with van der Waals surface area (Å²) in [5.74, 6) is 0.116. The van der Waals surface area contributed by atoms with Crippen LogP contribution in [0.3, 0.4) is 0 Å². The minimum atomic E-state index is 0.116. The average molecular weight is 243 g/mol. The minimum Gasteiger partial charge on any atom is -0.338 e. The van der Waals surface area contributed by atoms with Crippen molar-refractivity contribution >= 4 is 5.91 Å². The summed E-state index contributed by atoms with van der Waals surface area (Å²) in [7, 11) is 0. The third kappa shape index (κ3) is 3.20. The molecule has 0 bridgehead atoms. The van der Waals surface area contributed by atoms with E-state index in [-0.39, 0.29) is 5.91 Å². The van der Waals surface area contributed by atoms with E-state index in [0.717, 1.165) is 11.3 Å². The first-order chi connectivity index (χ1) is 8.79. The molecular formula is C14H17N3O. The van der Waals surface area contributed by atoms with Crippen LogP contribution in [0.25, 0.3) is 0 Å². The van der Waals surface area contributed by atoms with Crippen LogP contribution >= 0.6 is 0 Å².